The second-order valence-corrected chi connectivity index (χ2v) is 3.11. The number of amides is 1. The molecule has 0 radical (unpaired) electrons. The van der Waals surface area contributed by atoms with Crippen molar-refractivity contribution in [3.05, 3.63) is 23.6 Å². The average Bonchev–Trinajstić information content (AvgIpc) is 2.43. The maximum absolute atomic E-state index is 11.0. The quantitative estimate of drug-likeness (QED) is 0.696. The van der Waals surface area contributed by atoms with E-state index < -0.39 is 0 Å². The van der Waals surface area contributed by atoms with E-state index in [2.05, 4.69) is 5.32 Å². The van der Waals surface area contributed by atoms with Crippen LogP contribution in [-0.4, -0.2) is 13.0 Å². The molecule has 72 valence electrons. The molecule has 1 fully saturated rings. The van der Waals surface area contributed by atoms with Gasteiger partial charge >= 0.3 is 0 Å². The van der Waals surface area contributed by atoms with Gasteiger partial charge in [0.25, 0.3) is 0 Å². The summed E-state index contributed by atoms with van der Waals surface area (Å²) in [6.07, 6.45) is 5.29. The van der Waals surface area contributed by atoms with Gasteiger partial charge in [0.1, 0.15) is 0 Å². The summed E-state index contributed by atoms with van der Waals surface area (Å²) in [5.41, 5.74) is 1.04. The molecule has 2 aliphatic rings. The number of fused-ring (bicyclic) bond motifs is 1. The lowest BCUT2D eigenvalue weighted by Crippen LogP contribution is -2.13. The highest BCUT2D eigenvalue weighted by Gasteiger charge is 2.29. The smallest absolute Gasteiger partial charge is 0.224 e. The lowest BCUT2D eigenvalue weighted by Gasteiger charge is -2.15. The van der Waals surface area contributed by atoms with Crippen LogP contribution in [0.25, 0.3) is 0 Å². The highest BCUT2D eigenvalue weighted by atomic mass is 35.5. The van der Waals surface area contributed by atoms with Crippen molar-refractivity contribution in [2.24, 2.45) is 5.92 Å². The zero-order chi connectivity index (χ0) is 8.55. The minimum absolute atomic E-state index is 0. The van der Waals surface area contributed by atoms with Crippen molar-refractivity contribution in [2.75, 3.05) is 7.11 Å². The number of carbonyl (C=O) groups is 1. The van der Waals surface area contributed by atoms with E-state index in [1.54, 1.807) is 7.11 Å². The maximum atomic E-state index is 11.0. The third kappa shape index (κ3) is 1.86. The fourth-order valence-electron chi connectivity index (χ4n) is 1.65. The number of hydrogen-bond acceptors (Lipinski definition) is 2. The Morgan fingerprint density at radius 3 is 2.92 bits per heavy atom. The molecule has 1 heterocycles. The van der Waals surface area contributed by atoms with Crippen molar-refractivity contribution in [3.63, 3.8) is 0 Å². The van der Waals surface area contributed by atoms with Gasteiger partial charge < -0.3 is 10.1 Å². The predicted octanol–water partition coefficient (Wildman–Crippen LogP) is 1.36. The molecule has 1 aliphatic heterocycles. The minimum Gasteiger partial charge on any atom is -0.501 e. The molecule has 0 saturated carbocycles. The van der Waals surface area contributed by atoms with Crippen LogP contribution in [0.3, 0.4) is 0 Å². The monoisotopic (exact) mass is 201 g/mol. The number of allylic oxidation sites excluding steroid dienone is 4. The van der Waals surface area contributed by atoms with E-state index >= 15 is 0 Å². The number of halogens is 1. The van der Waals surface area contributed by atoms with E-state index in [9.17, 15) is 4.79 Å². The summed E-state index contributed by atoms with van der Waals surface area (Å²) in [6.45, 7) is 0. The van der Waals surface area contributed by atoms with Crippen LogP contribution in [0.1, 0.15) is 12.8 Å². The molecule has 2 rings (SSSR count). The van der Waals surface area contributed by atoms with E-state index in [0.717, 1.165) is 17.9 Å². The average molecular weight is 202 g/mol. The highest BCUT2D eigenvalue weighted by molar-refractivity contribution is 5.85. The number of hydrogen-bond donors (Lipinski definition) is 1. The molecule has 13 heavy (non-hydrogen) atoms. The number of ether oxygens (including phenoxy) is 1. The summed E-state index contributed by atoms with van der Waals surface area (Å²) in [5, 5.41) is 2.82. The molecule has 1 unspecified atom stereocenters. The normalized spacial score (nSPS) is 25.0. The second kappa shape index (κ2) is 3.83. The fourth-order valence-corrected chi connectivity index (χ4v) is 1.65. The SMILES string of the molecule is COC1=CC=C2NC(=O)CC2C1.Cl. The summed E-state index contributed by atoms with van der Waals surface area (Å²) in [7, 11) is 1.66. The Kier molecular flexibility index (Phi) is 2.98. The molecule has 1 amide bonds. The lowest BCUT2D eigenvalue weighted by atomic mass is 9.96. The molecule has 3 nitrogen and oxygen atoms in total. The minimum atomic E-state index is 0. The molecule has 0 aromatic rings. The molecule has 1 N–H and O–H groups in total. The molecule has 4 heteroatoms. The molecule has 1 atom stereocenters. The largest absolute Gasteiger partial charge is 0.501 e. The van der Waals surface area contributed by atoms with Crippen LogP contribution >= 0.6 is 12.4 Å². The lowest BCUT2D eigenvalue weighted by molar-refractivity contribution is -0.119. The number of methoxy groups -OCH3 is 1. The third-order valence-corrected chi connectivity index (χ3v) is 2.31. The predicted molar refractivity (Wildman–Crippen MR) is 51.3 cm³/mol. The Labute approximate surface area is 83.2 Å². The van der Waals surface area contributed by atoms with Gasteiger partial charge in [-0.2, -0.15) is 0 Å². The van der Waals surface area contributed by atoms with E-state index in [0.29, 0.717) is 12.3 Å². The van der Waals surface area contributed by atoms with Crippen molar-refractivity contribution < 1.29 is 9.53 Å². The van der Waals surface area contributed by atoms with Crippen molar-refractivity contribution in [2.45, 2.75) is 12.8 Å². The van der Waals surface area contributed by atoms with Crippen LogP contribution in [0.2, 0.25) is 0 Å². The van der Waals surface area contributed by atoms with Gasteiger partial charge in [0.15, 0.2) is 0 Å². The summed E-state index contributed by atoms with van der Waals surface area (Å²) < 4.78 is 5.11. The molecule has 0 bridgehead atoms. The van der Waals surface area contributed by atoms with E-state index in [1.807, 2.05) is 12.2 Å². The van der Waals surface area contributed by atoms with Gasteiger partial charge in [0, 0.05) is 24.5 Å². The third-order valence-electron chi connectivity index (χ3n) is 2.31. The Morgan fingerprint density at radius 1 is 1.46 bits per heavy atom. The molecule has 1 aliphatic carbocycles. The first-order valence-corrected chi connectivity index (χ1v) is 4.04. The molecule has 0 aromatic heterocycles. The van der Waals surface area contributed by atoms with E-state index in [4.69, 9.17) is 4.74 Å². The summed E-state index contributed by atoms with van der Waals surface area (Å²) >= 11 is 0. The van der Waals surface area contributed by atoms with Gasteiger partial charge in [-0.3, -0.25) is 4.79 Å². The standard InChI is InChI=1S/C9H11NO2.ClH/c1-12-7-2-3-8-6(4-7)5-9(11)10-8;/h2-3,6H,4-5H2,1H3,(H,10,11);1H. The molecular weight excluding hydrogens is 190 g/mol. The Hall–Kier alpha value is -0.960. The second-order valence-electron chi connectivity index (χ2n) is 3.11. The van der Waals surface area contributed by atoms with Crippen molar-refractivity contribution in [1.29, 1.82) is 0 Å². The molecule has 0 spiro atoms. The van der Waals surface area contributed by atoms with Crippen molar-refractivity contribution in [3.8, 4) is 0 Å². The van der Waals surface area contributed by atoms with Gasteiger partial charge in [-0.1, -0.05) is 0 Å². The van der Waals surface area contributed by atoms with Crippen LogP contribution in [-0.2, 0) is 9.53 Å². The first-order chi connectivity index (χ1) is 5.79. The van der Waals surface area contributed by atoms with Gasteiger partial charge in [-0.05, 0) is 12.2 Å². The van der Waals surface area contributed by atoms with E-state index in [1.165, 1.54) is 0 Å². The Balaban J connectivity index is 0.000000845. The van der Waals surface area contributed by atoms with E-state index in [-0.39, 0.29) is 18.3 Å². The number of nitrogens with one attached hydrogen (secondary N) is 1. The molecule has 0 aromatic carbocycles. The number of rotatable bonds is 1. The Bertz CT molecular complexity index is 283. The van der Waals surface area contributed by atoms with Gasteiger partial charge in [-0.25, -0.2) is 0 Å². The van der Waals surface area contributed by atoms with Crippen molar-refractivity contribution >= 4 is 18.3 Å². The van der Waals surface area contributed by atoms with Gasteiger partial charge in [0.05, 0.1) is 12.9 Å². The first-order valence-electron chi connectivity index (χ1n) is 4.04. The zero-order valence-electron chi connectivity index (χ0n) is 7.37. The first kappa shape index (κ1) is 10.1. The highest BCUT2D eigenvalue weighted by Crippen LogP contribution is 2.30. The number of carbonyl (C=O) groups excluding carboxylic acids is 1. The summed E-state index contributed by atoms with van der Waals surface area (Å²) in [4.78, 5) is 11.0. The van der Waals surface area contributed by atoms with Crippen LogP contribution in [0.15, 0.2) is 23.6 Å². The summed E-state index contributed by atoms with van der Waals surface area (Å²) in [6, 6.07) is 0. The zero-order valence-corrected chi connectivity index (χ0v) is 8.19. The topological polar surface area (TPSA) is 38.3 Å². The fraction of sp³-hybridized carbons (Fsp3) is 0.444. The maximum Gasteiger partial charge on any atom is 0.224 e. The van der Waals surface area contributed by atoms with Crippen LogP contribution in [0.4, 0.5) is 0 Å². The van der Waals surface area contributed by atoms with Crippen LogP contribution < -0.4 is 5.32 Å². The van der Waals surface area contributed by atoms with Gasteiger partial charge in [-0.15, -0.1) is 12.4 Å². The molecular formula is C9H12ClNO2. The summed E-state index contributed by atoms with van der Waals surface area (Å²) in [5.74, 6) is 1.41. The van der Waals surface area contributed by atoms with Crippen LogP contribution in [0, 0.1) is 5.92 Å². The Morgan fingerprint density at radius 2 is 2.23 bits per heavy atom. The molecule has 1 saturated heterocycles. The van der Waals surface area contributed by atoms with Crippen LogP contribution in [0.5, 0.6) is 0 Å². The van der Waals surface area contributed by atoms with Gasteiger partial charge in [0.2, 0.25) is 5.91 Å². The van der Waals surface area contributed by atoms with Crippen molar-refractivity contribution in [1.82, 2.24) is 5.32 Å².